The molecule has 5 nitrogen and oxygen atoms in total. The third kappa shape index (κ3) is 3.99. The van der Waals surface area contributed by atoms with E-state index >= 15 is 0 Å². The van der Waals surface area contributed by atoms with Gasteiger partial charge in [-0.1, -0.05) is 23.2 Å². The van der Waals surface area contributed by atoms with Crippen molar-refractivity contribution in [2.24, 2.45) is 0 Å². The minimum Gasteiger partial charge on any atom is -0.353 e. The van der Waals surface area contributed by atoms with Crippen LogP contribution in [0.25, 0.3) is 0 Å². The van der Waals surface area contributed by atoms with Gasteiger partial charge in [-0.25, -0.2) is 4.98 Å². The summed E-state index contributed by atoms with van der Waals surface area (Å²) in [6.07, 6.45) is 3.86. The summed E-state index contributed by atoms with van der Waals surface area (Å²) in [7, 11) is 0. The van der Waals surface area contributed by atoms with Gasteiger partial charge in [0.05, 0.1) is 16.6 Å². The average Bonchev–Trinajstić information content (AvgIpc) is 3.24. The molecule has 0 aromatic carbocycles. The summed E-state index contributed by atoms with van der Waals surface area (Å²) in [4.78, 5) is 20.4. The molecule has 114 valence electrons. The highest BCUT2D eigenvalue weighted by atomic mass is 35.5. The quantitative estimate of drug-likeness (QED) is 0.915. The van der Waals surface area contributed by atoms with Gasteiger partial charge in [0.1, 0.15) is 5.82 Å². The van der Waals surface area contributed by atoms with Crippen LogP contribution in [0.4, 0.5) is 5.82 Å². The zero-order valence-corrected chi connectivity index (χ0v) is 13.2. The topological polar surface area (TPSA) is 48.5 Å². The van der Waals surface area contributed by atoms with Crippen molar-refractivity contribution in [3.63, 3.8) is 0 Å². The first-order chi connectivity index (χ1) is 10.1. The third-order valence-electron chi connectivity index (χ3n) is 3.77. The van der Waals surface area contributed by atoms with Crippen molar-refractivity contribution >= 4 is 34.9 Å². The zero-order chi connectivity index (χ0) is 14.8. The zero-order valence-electron chi connectivity index (χ0n) is 11.7. The number of amides is 1. The number of halogens is 2. The fourth-order valence-electron chi connectivity index (χ4n) is 2.46. The lowest BCUT2D eigenvalue weighted by Gasteiger charge is -2.35. The number of rotatable bonds is 4. The van der Waals surface area contributed by atoms with Crippen LogP contribution in [0.3, 0.4) is 0 Å². The lowest BCUT2D eigenvalue weighted by Crippen LogP contribution is -2.50. The second-order valence-electron chi connectivity index (χ2n) is 5.56. The summed E-state index contributed by atoms with van der Waals surface area (Å²) in [6, 6.07) is 2.14. The maximum atomic E-state index is 11.8. The highest BCUT2D eigenvalue weighted by molar-refractivity contribution is 6.36. The number of pyridine rings is 1. The first-order valence-electron chi connectivity index (χ1n) is 7.19. The summed E-state index contributed by atoms with van der Waals surface area (Å²) in [5, 5.41) is 4.13. The van der Waals surface area contributed by atoms with Crippen LogP contribution in [0.15, 0.2) is 12.3 Å². The normalized spacial score (nSPS) is 19.6. The number of carbonyl (C=O) groups excluding carboxylic acids is 1. The summed E-state index contributed by atoms with van der Waals surface area (Å²) in [5.41, 5.74) is 0. The average molecular weight is 329 g/mol. The molecule has 0 atom stereocenters. The van der Waals surface area contributed by atoms with E-state index in [1.807, 2.05) is 0 Å². The van der Waals surface area contributed by atoms with Crippen LogP contribution in [-0.2, 0) is 4.79 Å². The van der Waals surface area contributed by atoms with Crippen molar-refractivity contribution in [2.45, 2.75) is 18.9 Å². The number of piperazine rings is 1. The second kappa shape index (κ2) is 6.38. The van der Waals surface area contributed by atoms with E-state index in [9.17, 15) is 4.79 Å². The van der Waals surface area contributed by atoms with Crippen LogP contribution in [0.2, 0.25) is 10.0 Å². The lowest BCUT2D eigenvalue weighted by atomic mass is 10.3. The summed E-state index contributed by atoms with van der Waals surface area (Å²) < 4.78 is 0. The number of hydrogen-bond donors (Lipinski definition) is 1. The standard InChI is InChI=1S/C14H18Cl2N4O/c15-10-7-12(16)14(17-8-10)20-5-3-19(4-6-20)9-13(21)18-11-1-2-11/h7-8,11H,1-6,9H2,(H,18,21). The van der Waals surface area contributed by atoms with E-state index in [0.29, 0.717) is 22.6 Å². The molecule has 2 aliphatic rings. The molecule has 1 saturated carbocycles. The van der Waals surface area contributed by atoms with Crippen LogP contribution in [0, 0.1) is 0 Å². The van der Waals surface area contributed by atoms with Crippen molar-refractivity contribution in [2.75, 3.05) is 37.6 Å². The van der Waals surface area contributed by atoms with Crippen molar-refractivity contribution in [1.82, 2.24) is 15.2 Å². The predicted octanol–water partition coefficient (Wildman–Crippen LogP) is 1.79. The van der Waals surface area contributed by atoms with E-state index in [4.69, 9.17) is 23.2 Å². The van der Waals surface area contributed by atoms with Crippen LogP contribution in [0.1, 0.15) is 12.8 Å². The van der Waals surface area contributed by atoms with Crippen LogP contribution in [-0.4, -0.2) is 54.6 Å². The first kappa shape index (κ1) is 14.9. The number of anilines is 1. The number of nitrogens with one attached hydrogen (secondary N) is 1. The predicted molar refractivity (Wildman–Crippen MR) is 84.1 cm³/mol. The first-order valence-corrected chi connectivity index (χ1v) is 7.95. The summed E-state index contributed by atoms with van der Waals surface area (Å²) >= 11 is 12.0. The highest BCUT2D eigenvalue weighted by Crippen LogP contribution is 2.26. The Hall–Kier alpha value is -1.04. The van der Waals surface area contributed by atoms with Crippen molar-refractivity contribution in [1.29, 1.82) is 0 Å². The molecule has 2 heterocycles. The van der Waals surface area contributed by atoms with Crippen molar-refractivity contribution < 1.29 is 4.79 Å². The van der Waals surface area contributed by atoms with Gasteiger partial charge in [-0.05, 0) is 18.9 Å². The van der Waals surface area contributed by atoms with Gasteiger partial charge in [0, 0.05) is 38.4 Å². The van der Waals surface area contributed by atoms with E-state index < -0.39 is 0 Å². The summed E-state index contributed by atoms with van der Waals surface area (Å²) in [6.45, 7) is 3.76. The molecular formula is C14H18Cl2N4O. The third-order valence-corrected chi connectivity index (χ3v) is 4.25. The van der Waals surface area contributed by atoms with Crippen molar-refractivity contribution in [3.8, 4) is 0 Å². The molecule has 1 saturated heterocycles. The molecule has 0 spiro atoms. The minimum absolute atomic E-state index is 0.133. The number of nitrogens with zero attached hydrogens (tertiary/aromatic N) is 3. The Bertz CT molecular complexity index is 528. The van der Waals surface area contributed by atoms with E-state index in [0.717, 1.165) is 44.8 Å². The van der Waals surface area contributed by atoms with Gasteiger partial charge in [0.25, 0.3) is 0 Å². The van der Waals surface area contributed by atoms with Gasteiger partial charge < -0.3 is 10.2 Å². The van der Waals surface area contributed by atoms with Crippen LogP contribution >= 0.6 is 23.2 Å². The molecule has 1 aromatic rings. The van der Waals surface area contributed by atoms with Crippen molar-refractivity contribution in [3.05, 3.63) is 22.3 Å². The van der Waals surface area contributed by atoms with Gasteiger partial charge in [-0.3, -0.25) is 9.69 Å². The largest absolute Gasteiger partial charge is 0.353 e. The number of aromatic nitrogens is 1. The fourth-order valence-corrected chi connectivity index (χ4v) is 2.96. The molecule has 0 bridgehead atoms. The van der Waals surface area contributed by atoms with Gasteiger partial charge in [0.15, 0.2) is 0 Å². The molecule has 3 rings (SSSR count). The van der Waals surface area contributed by atoms with E-state index in [2.05, 4.69) is 20.1 Å². The molecule has 0 radical (unpaired) electrons. The maximum absolute atomic E-state index is 11.8. The Labute approximate surface area is 134 Å². The Balaban J connectivity index is 1.51. The molecule has 1 aliphatic heterocycles. The van der Waals surface area contributed by atoms with Gasteiger partial charge in [-0.2, -0.15) is 0 Å². The van der Waals surface area contributed by atoms with E-state index in [1.165, 1.54) is 0 Å². The van der Waals surface area contributed by atoms with Gasteiger partial charge >= 0.3 is 0 Å². The SMILES string of the molecule is O=C(CN1CCN(c2ncc(Cl)cc2Cl)CC1)NC1CC1. The monoisotopic (exact) mass is 328 g/mol. The molecule has 2 fully saturated rings. The number of carbonyl (C=O) groups is 1. The molecule has 21 heavy (non-hydrogen) atoms. The van der Waals surface area contributed by atoms with Gasteiger partial charge in [0.2, 0.25) is 5.91 Å². The lowest BCUT2D eigenvalue weighted by molar-refractivity contribution is -0.122. The Morgan fingerprint density at radius 1 is 1.29 bits per heavy atom. The highest BCUT2D eigenvalue weighted by Gasteiger charge is 2.25. The van der Waals surface area contributed by atoms with Crippen LogP contribution in [0.5, 0.6) is 0 Å². The Kier molecular flexibility index (Phi) is 4.52. The molecule has 1 aromatic heterocycles. The Morgan fingerprint density at radius 2 is 2.00 bits per heavy atom. The summed E-state index contributed by atoms with van der Waals surface area (Å²) in [5.74, 6) is 0.900. The molecule has 7 heteroatoms. The maximum Gasteiger partial charge on any atom is 0.234 e. The molecule has 1 amide bonds. The number of hydrogen-bond acceptors (Lipinski definition) is 4. The molecule has 1 aliphatic carbocycles. The van der Waals surface area contributed by atoms with Gasteiger partial charge in [-0.15, -0.1) is 0 Å². The smallest absolute Gasteiger partial charge is 0.234 e. The second-order valence-corrected chi connectivity index (χ2v) is 6.41. The van der Waals surface area contributed by atoms with Crippen LogP contribution < -0.4 is 10.2 Å². The molecule has 0 unspecified atom stereocenters. The minimum atomic E-state index is 0.133. The molecular weight excluding hydrogens is 311 g/mol. The van der Waals surface area contributed by atoms with E-state index in [-0.39, 0.29) is 5.91 Å². The fraction of sp³-hybridized carbons (Fsp3) is 0.571. The molecule has 1 N–H and O–H groups in total. The van der Waals surface area contributed by atoms with E-state index in [1.54, 1.807) is 12.3 Å². The Morgan fingerprint density at radius 3 is 2.62 bits per heavy atom.